The standard InChI is InChI=1S/C22H21NO3.C2H7N/c1-2-26-22(25)23-15-19(13-17-9-5-3-6-10-17)21(24)20(16-23)14-18-11-7-4-8-12-18;1-3-2/h3-14H,2,15-16H2,1H3;3H,1-2H3. The van der Waals surface area contributed by atoms with E-state index in [4.69, 9.17) is 4.74 Å². The molecule has 5 heteroatoms. The molecule has 1 fully saturated rings. The second-order valence-electron chi connectivity index (χ2n) is 6.54. The van der Waals surface area contributed by atoms with Crippen molar-refractivity contribution in [3.05, 3.63) is 82.9 Å². The van der Waals surface area contributed by atoms with E-state index in [1.165, 1.54) is 0 Å². The van der Waals surface area contributed by atoms with Crippen LogP contribution in [0.2, 0.25) is 0 Å². The molecule has 29 heavy (non-hydrogen) atoms. The third kappa shape index (κ3) is 6.73. The summed E-state index contributed by atoms with van der Waals surface area (Å²) in [5.74, 6) is -0.0294. The molecule has 0 aliphatic carbocycles. The highest BCUT2D eigenvalue weighted by atomic mass is 16.6. The van der Waals surface area contributed by atoms with E-state index < -0.39 is 6.09 Å². The Balaban J connectivity index is 0.000000941. The number of hydrogen-bond acceptors (Lipinski definition) is 4. The van der Waals surface area contributed by atoms with E-state index in [0.29, 0.717) is 17.8 Å². The van der Waals surface area contributed by atoms with Gasteiger partial charge in [0.2, 0.25) is 0 Å². The van der Waals surface area contributed by atoms with Crippen molar-refractivity contribution in [2.75, 3.05) is 33.8 Å². The summed E-state index contributed by atoms with van der Waals surface area (Å²) < 4.78 is 5.13. The molecule has 0 atom stereocenters. The zero-order chi connectivity index (χ0) is 21.1. The average molecular weight is 392 g/mol. The third-order valence-corrected chi connectivity index (χ3v) is 4.11. The number of nitrogens with one attached hydrogen (secondary N) is 1. The average Bonchev–Trinajstić information content (AvgIpc) is 2.73. The number of likely N-dealkylation sites (tertiary alicyclic amines) is 1. The van der Waals surface area contributed by atoms with E-state index in [1.54, 1.807) is 11.8 Å². The summed E-state index contributed by atoms with van der Waals surface area (Å²) in [6.45, 7) is 2.57. The van der Waals surface area contributed by atoms with Gasteiger partial charge >= 0.3 is 6.09 Å². The van der Waals surface area contributed by atoms with Crippen molar-refractivity contribution in [2.45, 2.75) is 6.92 Å². The third-order valence-electron chi connectivity index (χ3n) is 4.11. The molecule has 0 radical (unpaired) electrons. The number of rotatable bonds is 3. The van der Waals surface area contributed by atoms with E-state index in [-0.39, 0.29) is 18.9 Å². The van der Waals surface area contributed by atoms with Gasteiger partial charge in [-0.2, -0.15) is 0 Å². The van der Waals surface area contributed by atoms with Crippen LogP contribution in [0.5, 0.6) is 0 Å². The van der Waals surface area contributed by atoms with Crippen molar-refractivity contribution in [2.24, 2.45) is 0 Å². The second kappa shape index (κ2) is 11.6. The SMILES string of the molecule is CCOC(=O)N1CC(=Cc2ccccc2)C(=O)C(=Cc2ccccc2)C1.CNC. The first kappa shape index (κ1) is 22.1. The minimum atomic E-state index is -0.405. The second-order valence-corrected chi connectivity index (χ2v) is 6.54. The Morgan fingerprint density at radius 1 is 0.931 bits per heavy atom. The first-order valence-electron chi connectivity index (χ1n) is 9.65. The fourth-order valence-corrected chi connectivity index (χ4v) is 2.88. The van der Waals surface area contributed by atoms with Crippen LogP contribution in [0.1, 0.15) is 18.1 Å². The van der Waals surface area contributed by atoms with Crippen molar-refractivity contribution < 1.29 is 14.3 Å². The van der Waals surface area contributed by atoms with Crippen molar-refractivity contribution in [3.8, 4) is 0 Å². The van der Waals surface area contributed by atoms with E-state index in [9.17, 15) is 9.59 Å². The summed E-state index contributed by atoms with van der Waals surface area (Å²) >= 11 is 0. The lowest BCUT2D eigenvalue weighted by molar-refractivity contribution is -0.113. The van der Waals surface area contributed by atoms with Crippen LogP contribution in [-0.2, 0) is 9.53 Å². The van der Waals surface area contributed by atoms with Crippen LogP contribution >= 0.6 is 0 Å². The van der Waals surface area contributed by atoms with Gasteiger partial charge in [0, 0.05) is 11.1 Å². The molecule has 2 aromatic carbocycles. The van der Waals surface area contributed by atoms with Crippen LogP contribution < -0.4 is 5.32 Å². The van der Waals surface area contributed by atoms with Gasteiger partial charge in [-0.05, 0) is 44.3 Å². The Morgan fingerprint density at radius 3 is 1.72 bits per heavy atom. The molecule has 152 valence electrons. The molecule has 1 heterocycles. The Morgan fingerprint density at radius 2 is 1.34 bits per heavy atom. The number of carbonyl (C=O) groups excluding carboxylic acids is 2. The Bertz CT molecular complexity index is 797. The first-order chi connectivity index (χ1) is 14.1. The van der Waals surface area contributed by atoms with E-state index in [0.717, 1.165) is 11.1 Å². The largest absolute Gasteiger partial charge is 0.450 e. The summed E-state index contributed by atoms with van der Waals surface area (Å²) in [7, 11) is 3.75. The lowest BCUT2D eigenvalue weighted by Crippen LogP contribution is -2.41. The van der Waals surface area contributed by atoms with E-state index in [2.05, 4.69) is 5.32 Å². The summed E-state index contributed by atoms with van der Waals surface area (Å²) in [6.07, 6.45) is 3.27. The van der Waals surface area contributed by atoms with Gasteiger partial charge in [0.15, 0.2) is 5.78 Å². The molecule has 0 spiro atoms. The quantitative estimate of drug-likeness (QED) is 0.802. The van der Waals surface area contributed by atoms with Gasteiger partial charge in [0.05, 0.1) is 19.7 Å². The molecule has 1 amide bonds. The van der Waals surface area contributed by atoms with Crippen LogP contribution in [0, 0.1) is 0 Å². The maximum absolute atomic E-state index is 12.9. The van der Waals surface area contributed by atoms with E-state index in [1.807, 2.05) is 86.9 Å². The van der Waals surface area contributed by atoms with Crippen LogP contribution in [0.25, 0.3) is 12.2 Å². The lowest BCUT2D eigenvalue weighted by Gasteiger charge is -2.29. The number of carbonyl (C=O) groups is 2. The zero-order valence-corrected chi connectivity index (χ0v) is 17.2. The van der Waals surface area contributed by atoms with Crippen LogP contribution in [0.3, 0.4) is 0 Å². The lowest BCUT2D eigenvalue weighted by atomic mass is 9.94. The number of amides is 1. The van der Waals surface area contributed by atoms with Gasteiger partial charge in [-0.25, -0.2) is 4.79 Å². The van der Waals surface area contributed by atoms with Crippen molar-refractivity contribution in [3.63, 3.8) is 0 Å². The Kier molecular flexibility index (Phi) is 8.86. The molecule has 0 bridgehead atoms. The summed E-state index contributed by atoms with van der Waals surface area (Å²) in [6, 6.07) is 19.3. The number of ether oxygens (including phenoxy) is 1. The number of piperidine rings is 1. The maximum Gasteiger partial charge on any atom is 0.410 e. The molecule has 3 rings (SSSR count). The normalized spacial score (nSPS) is 16.4. The van der Waals surface area contributed by atoms with E-state index >= 15 is 0 Å². The molecule has 1 aliphatic heterocycles. The fraction of sp³-hybridized carbons (Fsp3) is 0.250. The highest BCUT2D eigenvalue weighted by Gasteiger charge is 2.29. The van der Waals surface area contributed by atoms with Gasteiger partial charge in [-0.1, -0.05) is 60.7 Å². The Labute approximate surface area is 172 Å². The minimum Gasteiger partial charge on any atom is -0.450 e. The molecule has 0 unspecified atom stereocenters. The molecular formula is C24H28N2O3. The molecule has 1 saturated heterocycles. The van der Waals surface area contributed by atoms with Gasteiger partial charge in [-0.3, -0.25) is 9.69 Å². The first-order valence-corrected chi connectivity index (χ1v) is 9.65. The summed E-state index contributed by atoms with van der Waals surface area (Å²) in [4.78, 5) is 26.7. The molecule has 0 saturated carbocycles. The monoisotopic (exact) mass is 392 g/mol. The molecule has 5 nitrogen and oxygen atoms in total. The molecular weight excluding hydrogens is 364 g/mol. The van der Waals surface area contributed by atoms with Gasteiger partial charge in [-0.15, -0.1) is 0 Å². The highest BCUT2D eigenvalue weighted by Crippen LogP contribution is 2.22. The number of nitrogens with zero attached hydrogens (tertiary/aromatic N) is 1. The van der Waals surface area contributed by atoms with Gasteiger partial charge < -0.3 is 10.1 Å². The number of benzene rings is 2. The molecule has 2 aromatic rings. The molecule has 1 N–H and O–H groups in total. The fourth-order valence-electron chi connectivity index (χ4n) is 2.88. The minimum absolute atomic E-state index is 0.0294. The molecule has 0 aromatic heterocycles. The van der Waals surface area contributed by atoms with Gasteiger partial charge in [0.1, 0.15) is 0 Å². The summed E-state index contributed by atoms with van der Waals surface area (Å²) in [5, 5.41) is 2.75. The van der Waals surface area contributed by atoms with Crippen LogP contribution in [-0.4, -0.2) is 50.6 Å². The van der Waals surface area contributed by atoms with Crippen molar-refractivity contribution in [1.29, 1.82) is 0 Å². The topological polar surface area (TPSA) is 58.6 Å². The van der Waals surface area contributed by atoms with Crippen LogP contribution in [0.15, 0.2) is 71.8 Å². The number of Topliss-reactive ketones (excluding diaryl/α,β-unsaturated/α-hetero) is 1. The number of ketones is 1. The van der Waals surface area contributed by atoms with Crippen LogP contribution in [0.4, 0.5) is 4.79 Å². The smallest absolute Gasteiger partial charge is 0.410 e. The summed E-state index contributed by atoms with van der Waals surface area (Å²) in [5.41, 5.74) is 3.02. The number of hydrogen-bond donors (Lipinski definition) is 1. The highest BCUT2D eigenvalue weighted by molar-refractivity contribution is 6.15. The maximum atomic E-state index is 12.9. The molecule has 1 aliphatic rings. The van der Waals surface area contributed by atoms with Crippen molar-refractivity contribution >= 4 is 24.0 Å². The van der Waals surface area contributed by atoms with Crippen molar-refractivity contribution in [1.82, 2.24) is 10.2 Å². The predicted octanol–water partition coefficient (Wildman–Crippen LogP) is 4.03. The zero-order valence-electron chi connectivity index (χ0n) is 17.2. The predicted molar refractivity (Wildman–Crippen MR) is 117 cm³/mol. The Hall–Kier alpha value is -3.18. The van der Waals surface area contributed by atoms with Gasteiger partial charge in [0.25, 0.3) is 0 Å².